The maximum absolute atomic E-state index is 6.14. The molecule has 0 aromatic rings. The molecule has 0 aliphatic rings. The van der Waals surface area contributed by atoms with Crippen LogP contribution in [0.3, 0.4) is 0 Å². The first-order chi connectivity index (χ1) is 9.89. The van der Waals surface area contributed by atoms with Crippen LogP contribution < -0.4 is 0 Å². The van der Waals surface area contributed by atoms with Gasteiger partial charge >= 0.3 is 8.56 Å². The fraction of sp³-hybridized carbons (Fsp3) is 1.00. The highest BCUT2D eigenvalue weighted by Gasteiger charge is 2.33. The van der Waals surface area contributed by atoms with Gasteiger partial charge in [0.2, 0.25) is 0 Å². The Balaban J connectivity index is 3.73. The van der Waals surface area contributed by atoms with E-state index in [9.17, 15) is 0 Å². The van der Waals surface area contributed by atoms with Gasteiger partial charge in [0.1, 0.15) is 0 Å². The summed E-state index contributed by atoms with van der Waals surface area (Å²) in [5, 5.41) is 0. The van der Waals surface area contributed by atoms with Crippen molar-refractivity contribution in [2.45, 2.75) is 117 Å². The molecule has 128 valence electrons. The summed E-state index contributed by atoms with van der Waals surface area (Å²) in [4.78, 5) is 0. The topological polar surface area (TPSA) is 18.5 Å². The molecule has 21 heavy (non-hydrogen) atoms. The van der Waals surface area contributed by atoms with E-state index in [0.717, 1.165) is 6.04 Å². The van der Waals surface area contributed by atoms with Crippen LogP contribution in [0.15, 0.2) is 0 Å². The summed E-state index contributed by atoms with van der Waals surface area (Å²) in [7, 11) is -1.96. The van der Waals surface area contributed by atoms with Crippen LogP contribution in [0.2, 0.25) is 12.6 Å². The lowest BCUT2D eigenvalue weighted by atomic mass is 10.1. The Bertz CT molecular complexity index is 219. The predicted molar refractivity (Wildman–Crippen MR) is 96.1 cm³/mol. The minimum Gasteiger partial charge on any atom is -0.392 e. The van der Waals surface area contributed by atoms with E-state index in [4.69, 9.17) is 8.85 Å². The summed E-state index contributed by atoms with van der Waals surface area (Å²) in [5.41, 5.74) is 0. The highest BCUT2D eigenvalue weighted by Crippen LogP contribution is 2.22. The van der Waals surface area contributed by atoms with Crippen molar-refractivity contribution in [2.75, 3.05) is 0 Å². The summed E-state index contributed by atoms with van der Waals surface area (Å²) in [6, 6.07) is 1.14. The van der Waals surface area contributed by atoms with Crippen molar-refractivity contribution in [3.63, 3.8) is 0 Å². The van der Waals surface area contributed by atoms with Gasteiger partial charge in [-0.25, -0.2) is 0 Å². The third-order valence-corrected chi connectivity index (χ3v) is 6.91. The Morgan fingerprint density at radius 1 is 0.667 bits per heavy atom. The van der Waals surface area contributed by atoms with Crippen molar-refractivity contribution in [3.05, 3.63) is 0 Å². The number of hydrogen-bond donors (Lipinski definition) is 0. The molecule has 0 saturated heterocycles. The van der Waals surface area contributed by atoms with Gasteiger partial charge in [-0.2, -0.15) is 0 Å². The second kappa shape index (κ2) is 12.7. The molecule has 0 atom stereocenters. The van der Waals surface area contributed by atoms with Crippen LogP contribution in [-0.2, 0) is 8.85 Å². The van der Waals surface area contributed by atoms with Crippen LogP contribution in [0.1, 0.15) is 92.4 Å². The lowest BCUT2D eigenvalue weighted by Crippen LogP contribution is -2.42. The molecule has 0 unspecified atom stereocenters. The van der Waals surface area contributed by atoms with Gasteiger partial charge in [-0.3, -0.25) is 0 Å². The molecule has 0 fully saturated rings. The highest BCUT2D eigenvalue weighted by molar-refractivity contribution is 6.66. The standard InChI is InChI=1S/C18H40O2Si/c1-7-8-9-10-11-12-13-14-15-16-21(6,19-17(2)3)20-18(4)5/h17-18H,7-16H2,1-6H3. The molecule has 3 heteroatoms. The molecule has 0 bridgehead atoms. The quantitative estimate of drug-likeness (QED) is 0.271. The lowest BCUT2D eigenvalue weighted by Gasteiger charge is -2.31. The fourth-order valence-corrected chi connectivity index (χ4v) is 6.08. The monoisotopic (exact) mass is 316 g/mol. The molecule has 0 amide bonds. The summed E-state index contributed by atoms with van der Waals surface area (Å²) in [6.45, 7) is 13.0. The van der Waals surface area contributed by atoms with Crippen LogP contribution in [0.4, 0.5) is 0 Å². The fourth-order valence-electron chi connectivity index (χ4n) is 2.90. The van der Waals surface area contributed by atoms with Crippen molar-refractivity contribution in [3.8, 4) is 0 Å². The summed E-state index contributed by atoms with van der Waals surface area (Å²) in [5.74, 6) is 0. The van der Waals surface area contributed by atoms with Crippen molar-refractivity contribution >= 4 is 8.56 Å². The third-order valence-electron chi connectivity index (χ3n) is 3.70. The third kappa shape index (κ3) is 13.5. The largest absolute Gasteiger partial charge is 0.392 e. The number of rotatable bonds is 14. The van der Waals surface area contributed by atoms with Gasteiger partial charge in [0, 0.05) is 12.2 Å². The maximum Gasteiger partial charge on any atom is 0.335 e. The summed E-state index contributed by atoms with van der Waals surface area (Å²) in [6.07, 6.45) is 12.9. The van der Waals surface area contributed by atoms with Crippen LogP contribution in [0, 0.1) is 0 Å². The molecular formula is C18H40O2Si. The molecule has 0 N–H and O–H groups in total. The Hall–Kier alpha value is 0.137. The Morgan fingerprint density at radius 3 is 1.43 bits per heavy atom. The normalized spacial score (nSPS) is 12.6. The molecule has 0 aromatic carbocycles. The van der Waals surface area contributed by atoms with Gasteiger partial charge in [-0.05, 0) is 40.3 Å². The highest BCUT2D eigenvalue weighted by atomic mass is 28.4. The van der Waals surface area contributed by atoms with Crippen molar-refractivity contribution in [2.24, 2.45) is 0 Å². The summed E-state index contributed by atoms with van der Waals surface area (Å²) >= 11 is 0. The second-order valence-electron chi connectivity index (χ2n) is 7.05. The molecule has 0 spiro atoms. The zero-order valence-electron chi connectivity index (χ0n) is 15.5. The molecule has 0 aliphatic heterocycles. The average Bonchev–Trinajstić information content (AvgIpc) is 2.34. The van der Waals surface area contributed by atoms with Crippen LogP contribution in [0.25, 0.3) is 0 Å². The minimum absolute atomic E-state index is 0.277. The van der Waals surface area contributed by atoms with Crippen molar-refractivity contribution in [1.29, 1.82) is 0 Å². The Labute approximate surface area is 135 Å². The zero-order chi connectivity index (χ0) is 16.1. The average molecular weight is 317 g/mol. The minimum atomic E-state index is -1.96. The van der Waals surface area contributed by atoms with Crippen LogP contribution in [-0.4, -0.2) is 20.8 Å². The van der Waals surface area contributed by atoms with E-state index < -0.39 is 8.56 Å². The van der Waals surface area contributed by atoms with Crippen LogP contribution in [0.5, 0.6) is 0 Å². The van der Waals surface area contributed by atoms with Crippen LogP contribution >= 0.6 is 0 Å². The van der Waals surface area contributed by atoms with Gasteiger partial charge in [0.25, 0.3) is 0 Å². The molecular weight excluding hydrogens is 276 g/mol. The van der Waals surface area contributed by atoms with Gasteiger partial charge < -0.3 is 8.85 Å². The van der Waals surface area contributed by atoms with Gasteiger partial charge in [0.15, 0.2) is 0 Å². The second-order valence-corrected chi connectivity index (χ2v) is 10.3. The molecule has 2 nitrogen and oxygen atoms in total. The molecule has 0 aromatic heterocycles. The Morgan fingerprint density at radius 2 is 1.05 bits per heavy atom. The molecule has 0 aliphatic carbocycles. The number of unbranched alkanes of at least 4 members (excludes halogenated alkanes) is 8. The van der Waals surface area contributed by atoms with E-state index in [0.29, 0.717) is 0 Å². The zero-order valence-corrected chi connectivity index (χ0v) is 16.5. The van der Waals surface area contributed by atoms with Gasteiger partial charge in [0.05, 0.1) is 0 Å². The van der Waals surface area contributed by atoms with Gasteiger partial charge in [-0.1, -0.05) is 64.7 Å². The molecule has 0 saturated carbocycles. The van der Waals surface area contributed by atoms with E-state index in [2.05, 4.69) is 41.2 Å². The van der Waals surface area contributed by atoms with E-state index in [1.165, 1.54) is 57.8 Å². The Kier molecular flexibility index (Phi) is 12.7. The SMILES string of the molecule is CCCCCCCCCCC[Si](C)(OC(C)C)OC(C)C. The first-order valence-corrected chi connectivity index (χ1v) is 11.8. The molecule has 0 rings (SSSR count). The van der Waals surface area contributed by atoms with Crippen molar-refractivity contribution in [1.82, 2.24) is 0 Å². The first-order valence-electron chi connectivity index (χ1n) is 9.25. The van der Waals surface area contributed by atoms with E-state index in [1.807, 2.05) is 0 Å². The number of hydrogen-bond acceptors (Lipinski definition) is 2. The van der Waals surface area contributed by atoms with Gasteiger partial charge in [-0.15, -0.1) is 0 Å². The van der Waals surface area contributed by atoms with E-state index >= 15 is 0 Å². The summed E-state index contributed by atoms with van der Waals surface area (Å²) < 4.78 is 12.3. The maximum atomic E-state index is 6.14. The lowest BCUT2D eigenvalue weighted by molar-refractivity contribution is 0.109. The van der Waals surface area contributed by atoms with Crippen molar-refractivity contribution < 1.29 is 8.85 Å². The predicted octanol–water partition coefficient (Wildman–Crippen LogP) is 6.44. The first kappa shape index (κ1) is 21.1. The molecule has 0 heterocycles. The smallest absolute Gasteiger partial charge is 0.335 e. The van der Waals surface area contributed by atoms with E-state index in [-0.39, 0.29) is 12.2 Å². The van der Waals surface area contributed by atoms with E-state index in [1.54, 1.807) is 0 Å². The molecule has 0 radical (unpaired) electrons.